The van der Waals surface area contributed by atoms with Crippen LogP contribution in [-0.2, 0) is 9.53 Å². The summed E-state index contributed by atoms with van der Waals surface area (Å²) in [6, 6.07) is 12.5. The average molecular weight is 425 g/mol. The van der Waals surface area contributed by atoms with E-state index in [4.69, 9.17) is 18.9 Å². The molecular weight excluding hydrogens is 406 g/mol. The Bertz CT molecular complexity index is 1070. The number of esters is 1. The van der Waals surface area contributed by atoms with Crippen molar-refractivity contribution < 1.29 is 28.8 Å². The van der Waals surface area contributed by atoms with Gasteiger partial charge in [-0.25, -0.2) is 9.79 Å². The predicted octanol–water partition coefficient (Wildman–Crippen LogP) is 4.62. The number of fused-ring (bicyclic) bond motifs is 1. The molecule has 1 N–H and O–H groups in total. The van der Waals surface area contributed by atoms with Crippen LogP contribution in [-0.4, -0.2) is 36.6 Å². The van der Waals surface area contributed by atoms with E-state index in [1.54, 1.807) is 50.4 Å². The molecule has 0 aromatic heterocycles. The number of thioether (sulfide) groups is 1. The van der Waals surface area contributed by atoms with Gasteiger partial charge in [0.2, 0.25) is 6.79 Å². The molecule has 2 aliphatic heterocycles. The van der Waals surface area contributed by atoms with Gasteiger partial charge in [-0.05, 0) is 55.0 Å². The van der Waals surface area contributed by atoms with Crippen molar-refractivity contribution in [1.29, 1.82) is 0 Å². The summed E-state index contributed by atoms with van der Waals surface area (Å²) in [5.74, 6) is 1.22. The Morgan fingerprint density at radius 2 is 1.97 bits per heavy atom. The minimum atomic E-state index is -0.621. The number of aliphatic hydroxyl groups is 1. The summed E-state index contributed by atoms with van der Waals surface area (Å²) >= 11 is 1.20. The van der Waals surface area contributed by atoms with Crippen LogP contribution < -0.4 is 14.2 Å². The summed E-state index contributed by atoms with van der Waals surface area (Å²) in [7, 11) is 1.58. The zero-order chi connectivity index (χ0) is 21.1. The summed E-state index contributed by atoms with van der Waals surface area (Å²) in [6.45, 7) is 2.08. The fraction of sp³-hybridized carbons (Fsp3) is 0.182. The van der Waals surface area contributed by atoms with Crippen molar-refractivity contribution in [3.8, 4) is 17.2 Å². The number of aliphatic imine (C=N–C) groups is 1. The molecule has 0 fully saturated rings. The van der Waals surface area contributed by atoms with Crippen molar-refractivity contribution in [2.45, 2.75) is 6.92 Å². The zero-order valence-corrected chi connectivity index (χ0v) is 17.2. The molecule has 0 amide bonds. The van der Waals surface area contributed by atoms with Crippen molar-refractivity contribution in [2.24, 2.45) is 4.99 Å². The molecular formula is C22H19NO6S. The van der Waals surface area contributed by atoms with E-state index in [0.29, 0.717) is 32.9 Å². The Morgan fingerprint density at radius 1 is 1.20 bits per heavy atom. The van der Waals surface area contributed by atoms with Crippen LogP contribution in [0.2, 0.25) is 0 Å². The van der Waals surface area contributed by atoms with Crippen LogP contribution in [0.4, 0.5) is 5.69 Å². The van der Waals surface area contributed by atoms with Gasteiger partial charge in [-0.1, -0.05) is 17.8 Å². The van der Waals surface area contributed by atoms with Crippen molar-refractivity contribution in [3.63, 3.8) is 0 Å². The number of benzene rings is 2. The molecule has 30 heavy (non-hydrogen) atoms. The molecule has 0 unspecified atom stereocenters. The third-order valence-corrected chi connectivity index (χ3v) is 5.39. The molecule has 0 radical (unpaired) electrons. The Labute approximate surface area is 177 Å². The molecule has 2 aliphatic rings. The summed E-state index contributed by atoms with van der Waals surface area (Å²) < 4.78 is 21.0. The lowest BCUT2D eigenvalue weighted by Crippen LogP contribution is -2.12. The van der Waals surface area contributed by atoms with Crippen LogP contribution in [0.1, 0.15) is 12.5 Å². The van der Waals surface area contributed by atoms with Gasteiger partial charge >= 0.3 is 5.97 Å². The molecule has 0 bridgehead atoms. The van der Waals surface area contributed by atoms with Crippen LogP contribution in [0, 0.1) is 0 Å². The largest absolute Gasteiger partial charge is 0.506 e. The highest BCUT2D eigenvalue weighted by Gasteiger charge is 2.33. The second-order valence-electron chi connectivity index (χ2n) is 6.28. The number of nitrogens with zero attached hydrogens (tertiary/aromatic N) is 1. The molecule has 4 rings (SSSR count). The van der Waals surface area contributed by atoms with E-state index in [9.17, 15) is 9.90 Å². The highest BCUT2D eigenvalue weighted by atomic mass is 32.2. The molecule has 0 saturated heterocycles. The zero-order valence-electron chi connectivity index (χ0n) is 16.4. The first kappa shape index (κ1) is 19.9. The van der Waals surface area contributed by atoms with Gasteiger partial charge in [0.1, 0.15) is 22.1 Å². The lowest BCUT2D eigenvalue weighted by Gasteiger charge is -2.04. The Morgan fingerprint density at radius 3 is 2.70 bits per heavy atom. The third-order valence-electron chi connectivity index (χ3n) is 4.37. The highest BCUT2D eigenvalue weighted by molar-refractivity contribution is 8.18. The monoisotopic (exact) mass is 425 g/mol. The Kier molecular flexibility index (Phi) is 5.67. The standard InChI is InChI=1S/C22H19NO6S/c1-3-27-22(25)19-20(24)18(11-13-4-9-16-17(10-13)29-12-28-16)30-21(19)23-14-5-7-15(26-2)8-6-14/h4-11,24H,3,12H2,1-2H3/b18-11-,23-21?. The van der Waals surface area contributed by atoms with Gasteiger partial charge in [-0.15, -0.1) is 0 Å². The topological polar surface area (TPSA) is 86.6 Å². The molecule has 0 aliphatic carbocycles. The van der Waals surface area contributed by atoms with E-state index >= 15 is 0 Å². The van der Waals surface area contributed by atoms with Crippen LogP contribution in [0.3, 0.4) is 0 Å². The lowest BCUT2D eigenvalue weighted by molar-refractivity contribution is -0.138. The third kappa shape index (κ3) is 3.99. The number of carbonyl (C=O) groups excluding carboxylic acids is 1. The van der Waals surface area contributed by atoms with Crippen LogP contribution >= 0.6 is 11.8 Å². The van der Waals surface area contributed by atoms with Crippen LogP contribution in [0.15, 0.2) is 63.7 Å². The van der Waals surface area contributed by atoms with Gasteiger partial charge < -0.3 is 24.1 Å². The van der Waals surface area contributed by atoms with Gasteiger partial charge in [0, 0.05) is 0 Å². The number of hydrogen-bond donors (Lipinski definition) is 1. The van der Waals surface area contributed by atoms with E-state index in [2.05, 4.69) is 4.99 Å². The molecule has 0 spiro atoms. The van der Waals surface area contributed by atoms with Gasteiger partial charge in [0.05, 0.1) is 24.3 Å². The molecule has 7 nitrogen and oxygen atoms in total. The molecule has 154 valence electrons. The fourth-order valence-electron chi connectivity index (χ4n) is 2.92. The predicted molar refractivity (Wildman–Crippen MR) is 115 cm³/mol. The SMILES string of the molecule is CCOC(=O)C1=C(O)/C(=C/c2ccc3c(c2)OCO3)SC1=Nc1ccc(OC)cc1. The van der Waals surface area contributed by atoms with Crippen molar-refractivity contribution in [1.82, 2.24) is 0 Å². The maximum Gasteiger partial charge on any atom is 0.344 e. The van der Waals surface area contributed by atoms with E-state index in [1.165, 1.54) is 11.8 Å². The Balaban J connectivity index is 1.70. The van der Waals surface area contributed by atoms with E-state index < -0.39 is 5.97 Å². The number of ether oxygens (including phenoxy) is 4. The molecule has 2 aromatic rings. The molecule has 0 saturated carbocycles. The van der Waals surface area contributed by atoms with Gasteiger partial charge in [0.15, 0.2) is 11.5 Å². The maximum atomic E-state index is 12.5. The van der Waals surface area contributed by atoms with Crippen molar-refractivity contribution >= 4 is 34.5 Å². The molecule has 0 atom stereocenters. The fourth-order valence-corrected chi connectivity index (χ4v) is 3.96. The van der Waals surface area contributed by atoms with Crippen LogP contribution in [0.25, 0.3) is 6.08 Å². The summed E-state index contributed by atoms with van der Waals surface area (Å²) in [5.41, 5.74) is 1.46. The number of hydrogen-bond acceptors (Lipinski definition) is 8. The summed E-state index contributed by atoms with van der Waals surface area (Å²) in [5, 5.41) is 11.1. The molecule has 2 heterocycles. The molecule has 8 heteroatoms. The lowest BCUT2D eigenvalue weighted by atomic mass is 10.1. The second kappa shape index (κ2) is 8.54. The second-order valence-corrected chi connectivity index (χ2v) is 7.31. The number of methoxy groups -OCH3 is 1. The first-order valence-corrected chi connectivity index (χ1v) is 10.0. The maximum absolute atomic E-state index is 12.5. The first-order valence-electron chi connectivity index (χ1n) is 9.22. The first-order chi connectivity index (χ1) is 14.6. The van der Waals surface area contributed by atoms with Crippen molar-refractivity contribution in [3.05, 3.63) is 64.3 Å². The Hall–Kier alpha value is -3.39. The quantitative estimate of drug-likeness (QED) is 0.700. The smallest absolute Gasteiger partial charge is 0.344 e. The van der Waals surface area contributed by atoms with Gasteiger partial charge in [-0.3, -0.25) is 0 Å². The number of aliphatic hydroxyl groups excluding tert-OH is 1. The highest BCUT2D eigenvalue weighted by Crippen LogP contribution is 2.41. The molecule has 2 aromatic carbocycles. The minimum Gasteiger partial charge on any atom is -0.506 e. The summed E-state index contributed by atoms with van der Waals surface area (Å²) in [6.07, 6.45) is 1.76. The van der Waals surface area contributed by atoms with Gasteiger partial charge in [-0.2, -0.15) is 0 Å². The van der Waals surface area contributed by atoms with Crippen LogP contribution in [0.5, 0.6) is 17.2 Å². The normalized spacial score (nSPS) is 17.7. The van der Waals surface area contributed by atoms with Gasteiger partial charge in [0.25, 0.3) is 0 Å². The average Bonchev–Trinajstić information content (AvgIpc) is 3.33. The number of rotatable bonds is 5. The minimum absolute atomic E-state index is 0.0460. The van der Waals surface area contributed by atoms with Crippen molar-refractivity contribution in [2.75, 3.05) is 20.5 Å². The summed E-state index contributed by atoms with van der Waals surface area (Å²) in [4.78, 5) is 17.5. The van der Waals surface area contributed by atoms with E-state index in [-0.39, 0.29) is 24.7 Å². The van der Waals surface area contributed by atoms with E-state index in [1.807, 2.05) is 12.1 Å². The van der Waals surface area contributed by atoms with E-state index in [0.717, 1.165) is 5.56 Å². The number of carbonyl (C=O) groups is 1.